The van der Waals surface area contributed by atoms with Crippen molar-refractivity contribution in [1.29, 1.82) is 0 Å². The number of rotatable bonds is 11. The summed E-state index contributed by atoms with van der Waals surface area (Å²) >= 11 is 0. The molecule has 0 atom stereocenters. The van der Waals surface area contributed by atoms with Crippen LogP contribution in [0.5, 0.6) is 0 Å². The first-order chi connectivity index (χ1) is 7.74. The summed E-state index contributed by atoms with van der Waals surface area (Å²) < 4.78 is 15.7. The van der Waals surface area contributed by atoms with Gasteiger partial charge in [0.25, 0.3) is 5.97 Å². The highest BCUT2D eigenvalue weighted by Crippen LogP contribution is 2.21. The molecule has 0 aromatic carbocycles. The molecule has 0 aliphatic rings. The van der Waals surface area contributed by atoms with Gasteiger partial charge in [-0.15, -0.1) is 0 Å². The molecule has 0 radical (unpaired) electrons. The Morgan fingerprint density at radius 1 is 0.688 bits per heavy atom. The van der Waals surface area contributed by atoms with Crippen molar-refractivity contribution in [3.05, 3.63) is 0 Å². The molecule has 0 aliphatic carbocycles. The van der Waals surface area contributed by atoms with Gasteiger partial charge in [-0.3, -0.25) is 0 Å². The lowest BCUT2D eigenvalue weighted by Gasteiger charge is -2.28. The van der Waals surface area contributed by atoms with Gasteiger partial charge in [-0.1, -0.05) is 45.4 Å². The molecule has 0 saturated heterocycles. The van der Waals surface area contributed by atoms with Crippen LogP contribution in [-0.4, -0.2) is 27.3 Å². The molecule has 3 heteroatoms. The third kappa shape index (κ3) is 6.46. The molecule has 16 heavy (non-hydrogen) atoms. The number of hydrogen-bond acceptors (Lipinski definition) is 3. The van der Waals surface area contributed by atoms with Gasteiger partial charge in [0, 0.05) is 27.8 Å². The second kappa shape index (κ2) is 10.1. The third-order valence-electron chi connectivity index (χ3n) is 3.02. The summed E-state index contributed by atoms with van der Waals surface area (Å²) in [6, 6.07) is 0. The van der Waals surface area contributed by atoms with E-state index in [1.165, 1.54) is 38.5 Å². The van der Waals surface area contributed by atoms with E-state index in [2.05, 4.69) is 6.92 Å². The number of ether oxygens (including phenoxy) is 3. The van der Waals surface area contributed by atoms with Crippen molar-refractivity contribution in [3.8, 4) is 0 Å². The smallest absolute Gasteiger partial charge is 0.282 e. The SMILES string of the molecule is CCCCCCCCCC(OC)(OC)OC. The molecule has 0 fully saturated rings. The fourth-order valence-electron chi connectivity index (χ4n) is 1.85. The monoisotopic (exact) mass is 232 g/mol. The number of methoxy groups -OCH3 is 3. The topological polar surface area (TPSA) is 27.7 Å². The van der Waals surface area contributed by atoms with Crippen LogP contribution in [0.15, 0.2) is 0 Å². The Balaban J connectivity index is 3.48. The molecule has 0 saturated carbocycles. The third-order valence-corrected chi connectivity index (χ3v) is 3.02. The highest BCUT2D eigenvalue weighted by molar-refractivity contribution is 4.56. The van der Waals surface area contributed by atoms with E-state index in [1.54, 1.807) is 21.3 Å². The number of unbranched alkanes of at least 4 members (excludes halogenated alkanes) is 6. The second-order valence-corrected chi connectivity index (χ2v) is 4.17. The van der Waals surface area contributed by atoms with Crippen LogP contribution >= 0.6 is 0 Å². The molecule has 0 amide bonds. The van der Waals surface area contributed by atoms with Gasteiger partial charge < -0.3 is 14.2 Å². The zero-order chi connectivity index (χ0) is 12.3. The first kappa shape index (κ1) is 15.9. The first-order valence-corrected chi connectivity index (χ1v) is 6.40. The van der Waals surface area contributed by atoms with Crippen molar-refractivity contribution in [1.82, 2.24) is 0 Å². The van der Waals surface area contributed by atoms with Gasteiger partial charge in [0.05, 0.1) is 0 Å². The van der Waals surface area contributed by atoms with Gasteiger partial charge in [0.1, 0.15) is 0 Å². The predicted molar refractivity (Wildman–Crippen MR) is 66.4 cm³/mol. The van der Waals surface area contributed by atoms with Gasteiger partial charge in [-0.05, 0) is 6.42 Å². The Bertz CT molecular complexity index is 136. The van der Waals surface area contributed by atoms with Gasteiger partial charge in [0.15, 0.2) is 0 Å². The van der Waals surface area contributed by atoms with Crippen molar-refractivity contribution in [3.63, 3.8) is 0 Å². The van der Waals surface area contributed by atoms with Crippen LogP contribution in [-0.2, 0) is 14.2 Å². The summed E-state index contributed by atoms with van der Waals surface area (Å²) in [6.07, 6.45) is 9.77. The summed E-state index contributed by atoms with van der Waals surface area (Å²) in [6.45, 7) is 2.24. The summed E-state index contributed by atoms with van der Waals surface area (Å²) in [5.74, 6) is -0.830. The molecule has 3 nitrogen and oxygen atoms in total. The molecule has 98 valence electrons. The van der Waals surface area contributed by atoms with Crippen molar-refractivity contribution in [2.75, 3.05) is 21.3 Å². The minimum atomic E-state index is -0.830. The molecule has 0 aromatic heterocycles. The van der Waals surface area contributed by atoms with E-state index >= 15 is 0 Å². The zero-order valence-corrected chi connectivity index (χ0v) is 11.4. The van der Waals surface area contributed by atoms with Crippen LogP contribution in [0, 0.1) is 0 Å². The molecular weight excluding hydrogens is 204 g/mol. The van der Waals surface area contributed by atoms with Gasteiger partial charge in [-0.25, -0.2) is 0 Å². The lowest BCUT2D eigenvalue weighted by molar-refractivity contribution is -0.355. The second-order valence-electron chi connectivity index (χ2n) is 4.17. The maximum atomic E-state index is 5.24. The Morgan fingerprint density at radius 2 is 1.12 bits per heavy atom. The van der Waals surface area contributed by atoms with Gasteiger partial charge >= 0.3 is 0 Å². The largest absolute Gasteiger partial charge is 0.331 e. The highest BCUT2D eigenvalue weighted by Gasteiger charge is 2.28. The summed E-state index contributed by atoms with van der Waals surface area (Å²) in [5.41, 5.74) is 0. The molecule has 0 aromatic rings. The van der Waals surface area contributed by atoms with Gasteiger partial charge in [-0.2, -0.15) is 0 Å². The van der Waals surface area contributed by atoms with Crippen molar-refractivity contribution in [2.24, 2.45) is 0 Å². The molecule has 0 bridgehead atoms. The average molecular weight is 232 g/mol. The van der Waals surface area contributed by atoms with E-state index in [-0.39, 0.29) is 0 Å². The molecule has 0 spiro atoms. The van der Waals surface area contributed by atoms with Crippen molar-refractivity contribution < 1.29 is 14.2 Å². The van der Waals surface area contributed by atoms with Crippen molar-refractivity contribution >= 4 is 0 Å². The quantitative estimate of drug-likeness (QED) is 0.401. The molecule has 0 unspecified atom stereocenters. The van der Waals surface area contributed by atoms with E-state index in [0.29, 0.717) is 0 Å². The minimum absolute atomic E-state index is 0.796. The predicted octanol–water partition coefficient (Wildman–Crippen LogP) is 3.72. The summed E-state index contributed by atoms with van der Waals surface area (Å²) in [7, 11) is 4.86. The molecule has 0 aliphatic heterocycles. The lowest BCUT2D eigenvalue weighted by Crippen LogP contribution is -2.35. The van der Waals surface area contributed by atoms with Crippen LogP contribution in [0.3, 0.4) is 0 Å². The molecule has 0 heterocycles. The summed E-state index contributed by atoms with van der Waals surface area (Å²) in [5, 5.41) is 0. The Hall–Kier alpha value is -0.120. The average Bonchev–Trinajstić information content (AvgIpc) is 2.34. The molecule has 0 rings (SSSR count). The van der Waals surface area contributed by atoms with E-state index in [9.17, 15) is 0 Å². The Labute approximate surface area is 100 Å². The summed E-state index contributed by atoms with van der Waals surface area (Å²) in [4.78, 5) is 0. The fourth-order valence-corrected chi connectivity index (χ4v) is 1.85. The van der Waals surface area contributed by atoms with E-state index in [4.69, 9.17) is 14.2 Å². The van der Waals surface area contributed by atoms with E-state index in [1.807, 2.05) is 0 Å². The van der Waals surface area contributed by atoms with Crippen molar-refractivity contribution in [2.45, 2.75) is 64.3 Å². The van der Waals surface area contributed by atoms with Crippen LogP contribution < -0.4 is 0 Å². The molecular formula is C13H28O3. The van der Waals surface area contributed by atoms with Crippen LogP contribution in [0.2, 0.25) is 0 Å². The minimum Gasteiger partial charge on any atom is -0.331 e. The molecule has 0 N–H and O–H groups in total. The zero-order valence-electron chi connectivity index (χ0n) is 11.4. The fraction of sp³-hybridized carbons (Fsp3) is 1.00. The first-order valence-electron chi connectivity index (χ1n) is 6.40. The highest BCUT2D eigenvalue weighted by atomic mass is 16.9. The van der Waals surface area contributed by atoms with E-state index < -0.39 is 5.97 Å². The van der Waals surface area contributed by atoms with E-state index in [0.717, 1.165) is 12.8 Å². The Kier molecular flexibility index (Phi) is 9.99. The maximum absolute atomic E-state index is 5.24. The lowest BCUT2D eigenvalue weighted by atomic mass is 10.1. The standard InChI is InChI=1S/C13H28O3/c1-5-6-7-8-9-10-11-12-13(14-2,15-3)16-4/h5-12H2,1-4H3. The number of hydrogen-bond donors (Lipinski definition) is 0. The normalized spacial score (nSPS) is 12.0. The van der Waals surface area contributed by atoms with Gasteiger partial charge in [0.2, 0.25) is 0 Å². The maximum Gasteiger partial charge on any atom is 0.282 e. The van der Waals surface area contributed by atoms with Crippen LogP contribution in [0.25, 0.3) is 0 Å². The Morgan fingerprint density at radius 3 is 1.56 bits per heavy atom. The van der Waals surface area contributed by atoms with Crippen LogP contribution in [0.4, 0.5) is 0 Å². The van der Waals surface area contributed by atoms with Crippen LogP contribution in [0.1, 0.15) is 58.3 Å².